The van der Waals surface area contributed by atoms with E-state index in [1.165, 1.54) is 6.21 Å². The van der Waals surface area contributed by atoms with Gasteiger partial charge < -0.3 is 4.42 Å². The van der Waals surface area contributed by atoms with E-state index in [1.807, 2.05) is 42.5 Å². The van der Waals surface area contributed by atoms with Crippen molar-refractivity contribution in [3.63, 3.8) is 0 Å². The van der Waals surface area contributed by atoms with Crippen LogP contribution in [-0.2, 0) is 0 Å². The van der Waals surface area contributed by atoms with Gasteiger partial charge in [-0.2, -0.15) is 10.2 Å². The minimum Gasteiger partial charge on any atom is -0.465 e. The van der Waals surface area contributed by atoms with Crippen LogP contribution in [0.3, 0.4) is 0 Å². The van der Waals surface area contributed by atoms with Crippen LogP contribution in [-0.4, -0.2) is 22.3 Å². The maximum absolute atomic E-state index is 12.2. The molecule has 0 atom stereocenters. The van der Waals surface area contributed by atoms with Gasteiger partial charge in [-0.15, -0.1) is 0 Å². The summed E-state index contributed by atoms with van der Waals surface area (Å²) in [6, 6.07) is 19.5. The molecule has 2 heterocycles. The summed E-state index contributed by atoms with van der Waals surface area (Å²) in [6.45, 7) is 0. The molecule has 4 aromatic rings. The number of aromatic amines is 1. The summed E-state index contributed by atoms with van der Waals surface area (Å²) in [6.07, 6.45) is 6.47. The second-order valence-electron chi connectivity index (χ2n) is 5.82. The Bertz CT molecular complexity index is 1120. The lowest BCUT2D eigenvalue weighted by atomic mass is 10.1. The van der Waals surface area contributed by atoms with E-state index in [2.05, 4.69) is 26.8 Å². The van der Waals surface area contributed by atoms with Gasteiger partial charge in [-0.3, -0.25) is 9.89 Å². The molecule has 2 aromatic heterocycles. The molecule has 0 saturated carbocycles. The maximum Gasteiger partial charge on any atom is 0.289 e. The summed E-state index contributed by atoms with van der Waals surface area (Å²) < 4.78 is 5.15. The number of rotatable bonds is 5. The average Bonchev–Trinajstić information content (AvgIpc) is 3.39. The predicted molar refractivity (Wildman–Crippen MR) is 105 cm³/mol. The summed E-state index contributed by atoms with van der Waals surface area (Å²) in [5, 5.41) is 13.1. The first kappa shape index (κ1) is 16.5. The van der Waals surface area contributed by atoms with E-state index in [9.17, 15) is 4.79 Å². The standard InChI is InChI=1S/C21H16N4O2/c26-21(25-22-11-3-7-18-8-4-12-27-18)20-14-19(23-24-20)17-10-9-15-5-1-2-6-16(15)13-17/h1-14H,(H,23,24)(H,25,26). The number of allylic oxidation sites excluding steroid dienone is 1. The molecule has 1 amide bonds. The summed E-state index contributed by atoms with van der Waals surface area (Å²) >= 11 is 0. The number of nitrogens with one attached hydrogen (secondary N) is 2. The lowest BCUT2D eigenvalue weighted by Crippen LogP contribution is -2.17. The third kappa shape index (κ3) is 3.85. The SMILES string of the molecule is O=C(NN=CC=Cc1ccco1)c1cc(-c2ccc3ccccc3c2)n[nH]1. The zero-order valence-corrected chi connectivity index (χ0v) is 14.3. The Kier molecular flexibility index (Phi) is 4.61. The molecule has 0 aliphatic heterocycles. The number of furan rings is 1. The fraction of sp³-hybridized carbons (Fsp3) is 0. The summed E-state index contributed by atoms with van der Waals surface area (Å²) in [4.78, 5) is 12.2. The van der Waals surface area contributed by atoms with Crippen LogP contribution >= 0.6 is 0 Å². The summed E-state index contributed by atoms with van der Waals surface area (Å²) in [5.74, 6) is 0.346. The van der Waals surface area contributed by atoms with E-state index >= 15 is 0 Å². The van der Waals surface area contributed by atoms with Crippen molar-refractivity contribution >= 4 is 29.0 Å². The smallest absolute Gasteiger partial charge is 0.289 e. The molecule has 132 valence electrons. The molecule has 6 heteroatoms. The highest BCUT2D eigenvalue weighted by Gasteiger charge is 2.10. The van der Waals surface area contributed by atoms with Gasteiger partial charge >= 0.3 is 0 Å². The number of benzene rings is 2. The zero-order valence-electron chi connectivity index (χ0n) is 14.3. The van der Waals surface area contributed by atoms with E-state index in [1.54, 1.807) is 30.5 Å². The highest BCUT2D eigenvalue weighted by Crippen LogP contribution is 2.23. The molecular formula is C21H16N4O2. The van der Waals surface area contributed by atoms with Crippen molar-refractivity contribution in [2.75, 3.05) is 0 Å². The van der Waals surface area contributed by atoms with Crippen LogP contribution < -0.4 is 5.43 Å². The molecule has 4 rings (SSSR count). The van der Waals surface area contributed by atoms with E-state index in [-0.39, 0.29) is 5.91 Å². The summed E-state index contributed by atoms with van der Waals surface area (Å²) in [5.41, 5.74) is 4.43. The fourth-order valence-electron chi connectivity index (χ4n) is 2.66. The van der Waals surface area contributed by atoms with Crippen LogP contribution in [0.25, 0.3) is 28.1 Å². The van der Waals surface area contributed by atoms with Crippen molar-refractivity contribution in [2.45, 2.75) is 0 Å². The van der Waals surface area contributed by atoms with Crippen LogP contribution in [0.15, 0.2) is 82.5 Å². The van der Waals surface area contributed by atoms with Crippen molar-refractivity contribution in [1.29, 1.82) is 0 Å². The number of hydrogen-bond donors (Lipinski definition) is 2. The van der Waals surface area contributed by atoms with E-state index in [0.717, 1.165) is 16.3 Å². The van der Waals surface area contributed by atoms with Gasteiger partial charge in [-0.1, -0.05) is 36.4 Å². The van der Waals surface area contributed by atoms with E-state index in [4.69, 9.17) is 4.42 Å². The van der Waals surface area contributed by atoms with Gasteiger partial charge in [-0.05, 0) is 47.2 Å². The number of fused-ring (bicyclic) bond motifs is 1. The van der Waals surface area contributed by atoms with Gasteiger partial charge in [0.25, 0.3) is 5.91 Å². The minimum atomic E-state index is -0.364. The lowest BCUT2D eigenvalue weighted by Gasteiger charge is -2.00. The molecule has 0 aliphatic rings. The second kappa shape index (κ2) is 7.53. The molecule has 0 unspecified atom stereocenters. The number of amides is 1. The van der Waals surface area contributed by atoms with E-state index < -0.39 is 0 Å². The van der Waals surface area contributed by atoms with E-state index in [0.29, 0.717) is 17.1 Å². The van der Waals surface area contributed by atoms with Gasteiger partial charge in [0.2, 0.25) is 0 Å². The monoisotopic (exact) mass is 356 g/mol. The average molecular weight is 356 g/mol. The molecule has 0 spiro atoms. The number of aromatic nitrogens is 2. The molecular weight excluding hydrogens is 340 g/mol. The van der Waals surface area contributed by atoms with Gasteiger partial charge in [0.1, 0.15) is 11.5 Å². The first-order valence-electron chi connectivity index (χ1n) is 8.38. The number of hydrazone groups is 1. The largest absolute Gasteiger partial charge is 0.465 e. The Morgan fingerprint density at radius 2 is 1.96 bits per heavy atom. The molecule has 0 saturated heterocycles. The number of hydrogen-bond acceptors (Lipinski definition) is 4. The Balaban J connectivity index is 1.42. The molecule has 6 nitrogen and oxygen atoms in total. The third-order valence-corrected chi connectivity index (χ3v) is 4.00. The summed E-state index contributed by atoms with van der Waals surface area (Å²) in [7, 11) is 0. The maximum atomic E-state index is 12.2. The zero-order chi connectivity index (χ0) is 18.5. The highest BCUT2D eigenvalue weighted by atomic mass is 16.3. The van der Waals surface area contributed by atoms with Crippen molar-refractivity contribution in [3.8, 4) is 11.3 Å². The number of nitrogens with zero attached hydrogens (tertiary/aromatic N) is 2. The Morgan fingerprint density at radius 3 is 2.81 bits per heavy atom. The molecule has 2 aromatic carbocycles. The normalized spacial score (nSPS) is 11.6. The topological polar surface area (TPSA) is 83.3 Å². The number of H-pyrrole nitrogens is 1. The van der Waals surface area contributed by atoms with Gasteiger partial charge in [-0.25, -0.2) is 5.43 Å². The first-order chi connectivity index (χ1) is 13.3. The molecule has 0 fully saturated rings. The van der Waals surface area contributed by atoms with Crippen molar-refractivity contribution in [3.05, 3.63) is 84.5 Å². The molecule has 0 bridgehead atoms. The van der Waals surface area contributed by atoms with Gasteiger partial charge in [0, 0.05) is 11.8 Å². The van der Waals surface area contributed by atoms with Crippen LogP contribution in [0, 0.1) is 0 Å². The second-order valence-corrected chi connectivity index (χ2v) is 5.82. The Labute approximate surface area is 155 Å². The molecule has 0 aliphatic carbocycles. The van der Waals surface area contributed by atoms with Crippen LogP contribution in [0.4, 0.5) is 0 Å². The molecule has 27 heavy (non-hydrogen) atoms. The first-order valence-corrected chi connectivity index (χ1v) is 8.38. The van der Waals surface area contributed by atoms with Crippen molar-refractivity contribution in [2.24, 2.45) is 5.10 Å². The van der Waals surface area contributed by atoms with Gasteiger partial charge in [0.15, 0.2) is 0 Å². The van der Waals surface area contributed by atoms with Crippen LogP contribution in [0.2, 0.25) is 0 Å². The predicted octanol–water partition coefficient (Wildman–Crippen LogP) is 4.25. The molecule has 0 radical (unpaired) electrons. The van der Waals surface area contributed by atoms with Crippen LogP contribution in [0.5, 0.6) is 0 Å². The fourth-order valence-corrected chi connectivity index (χ4v) is 2.66. The van der Waals surface area contributed by atoms with Gasteiger partial charge in [0.05, 0.1) is 12.0 Å². The number of carbonyl (C=O) groups is 1. The van der Waals surface area contributed by atoms with Crippen molar-refractivity contribution in [1.82, 2.24) is 15.6 Å². The Morgan fingerprint density at radius 1 is 1.07 bits per heavy atom. The van der Waals surface area contributed by atoms with Crippen molar-refractivity contribution < 1.29 is 9.21 Å². The number of carbonyl (C=O) groups excluding carboxylic acids is 1. The Hall–Kier alpha value is -3.93. The molecule has 2 N–H and O–H groups in total. The quantitative estimate of drug-likeness (QED) is 0.414. The van der Waals surface area contributed by atoms with Crippen LogP contribution in [0.1, 0.15) is 16.2 Å². The highest BCUT2D eigenvalue weighted by molar-refractivity contribution is 5.94. The minimum absolute atomic E-state index is 0.338. The lowest BCUT2D eigenvalue weighted by molar-refractivity contribution is 0.0950. The third-order valence-electron chi connectivity index (χ3n) is 4.00.